The van der Waals surface area contributed by atoms with Gasteiger partial charge in [-0.3, -0.25) is 0 Å². The fourth-order valence-corrected chi connectivity index (χ4v) is 3.06. The standard InChI is InChI=1S/C15H23NO/c1-11-6-7-13(8-11)15(16-2)10-12-4-3-5-14(17)9-12/h3-5,9,11,13,15-17H,6-8,10H2,1-2H3. The molecule has 3 unspecified atom stereocenters. The summed E-state index contributed by atoms with van der Waals surface area (Å²) in [5.74, 6) is 2.04. The van der Waals surface area contributed by atoms with E-state index >= 15 is 0 Å². The lowest BCUT2D eigenvalue weighted by molar-refractivity contribution is 0.367. The number of likely N-dealkylation sites (N-methyl/N-ethyl adjacent to an activating group) is 1. The molecule has 0 amide bonds. The van der Waals surface area contributed by atoms with Crippen molar-refractivity contribution in [3.63, 3.8) is 0 Å². The van der Waals surface area contributed by atoms with Gasteiger partial charge in [-0.25, -0.2) is 0 Å². The Bertz CT molecular complexity index is 364. The monoisotopic (exact) mass is 233 g/mol. The van der Waals surface area contributed by atoms with Gasteiger partial charge >= 0.3 is 0 Å². The first kappa shape index (κ1) is 12.4. The fourth-order valence-electron chi connectivity index (χ4n) is 3.06. The van der Waals surface area contributed by atoms with Gasteiger partial charge in [0.1, 0.15) is 5.75 Å². The number of phenols is 1. The second-order valence-electron chi connectivity index (χ2n) is 5.45. The zero-order valence-electron chi connectivity index (χ0n) is 10.8. The number of benzene rings is 1. The number of phenolic OH excluding ortho intramolecular Hbond substituents is 1. The number of hydrogen-bond donors (Lipinski definition) is 2. The van der Waals surface area contributed by atoms with Gasteiger partial charge in [0.2, 0.25) is 0 Å². The van der Waals surface area contributed by atoms with E-state index in [1.165, 1.54) is 24.8 Å². The van der Waals surface area contributed by atoms with Gasteiger partial charge in [-0.1, -0.05) is 25.5 Å². The number of rotatable bonds is 4. The average molecular weight is 233 g/mol. The Hall–Kier alpha value is -1.02. The molecule has 1 aromatic carbocycles. The van der Waals surface area contributed by atoms with Crippen molar-refractivity contribution in [3.8, 4) is 5.75 Å². The van der Waals surface area contributed by atoms with Gasteiger partial charge in [-0.15, -0.1) is 0 Å². The molecular weight excluding hydrogens is 210 g/mol. The molecule has 2 nitrogen and oxygen atoms in total. The quantitative estimate of drug-likeness (QED) is 0.838. The summed E-state index contributed by atoms with van der Waals surface area (Å²) in [5, 5.41) is 12.9. The van der Waals surface area contributed by atoms with Crippen LogP contribution in [0.2, 0.25) is 0 Å². The van der Waals surface area contributed by atoms with Crippen LogP contribution in [0.3, 0.4) is 0 Å². The second kappa shape index (κ2) is 5.54. The summed E-state index contributed by atoms with van der Waals surface area (Å²) in [6.07, 6.45) is 5.06. The molecule has 2 rings (SSSR count). The molecule has 1 aliphatic carbocycles. The van der Waals surface area contributed by atoms with Crippen molar-refractivity contribution < 1.29 is 5.11 Å². The van der Waals surface area contributed by atoms with Crippen LogP contribution in [-0.4, -0.2) is 18.2 Å². The summed E-state index contributed by atoms with van der Waals surface area (Å²) in [4.78, 5) is 0. The van der Waals surface area contributed by atoms with E-state index in [1.807, 2.05) is 12.1 Å². The molecule has 1 aliphatic rings. The molecule has 94 valence electrons. The van der Waals surface area contributed by atoms with Crippen LogP contribution in [0.5, 0.6) is 5.75 Å². The minimum Gasteiger partial charge on any atom is -0.508 e. The molecule has 0 spiro atoms. The third-order valence-electron chi connectivity index (χ3n) is 4.04. The summed E-state index contributed by atoms with van der Waals surface area (Å²) in [6.45, 7) is 2.35. The maximum atomic E-state index is 9.49. The van der Waals surface area contributed by atoms with E-state index in [1.54, 1.807) is 6.07 Å². The van der Waals surface area contributed by atoms with Gasteiger partial charge in [-0.05, 0) is 55.8 Å². The normalized spacial score (nSPS) is 26.0. The molecule has 0 saturated heterocycles. The van der Waals surface area contributed by atoms with Crippen molar-refractivity contribution in [2.24, 2.45) is 11.8 Å². The molecule has 0 bridgehead atoms. The van der Waals surface area contributed by atoms with Crippen LogP contribution in [0.4, 0.5) is 0 Å². The Morgan fingerprint density at radius 3 is 2.82 bits per heavy atom. The van der Waals surface area contributed by atoms with Crippen LogP contribution in [0.25, 0.3) is 0 Å². The van der Waals surface area contributed by atoms with E-state index in [4.69, 9.17) is 0 Å². The zero-order valence-corrected chi connectivity index (χ0v) is 10.8. The summed E-state index contributed by atoms with van der Waals surface area (Å²) in [7, 11) is 2.05. The van der Waals surface area contributed by atoms with Crippen LogP contribution in [0.15, 0.2) is 24.3 Å². The Labute approximate surface area is 104 Å². The smallest absolute Gasteiger partial charge is 0.115 e. The lowest BCUT2D eigenvalue weighted by Crippen LogP contribution is -2.34. The predicted octanol–water partition coefficient (Wildman–Crippen LogP) is 2.96. The molecule has 1 fully saturated rings. The molecule has 0 aliphatic heterocycles. The van der Waals surface area contributed by atoms with Crippen molar-refractivity contribution in [1.29, 1.82) is 0 Å². The fraction of sp³-hybridized carbons (Fsp3) is 0.600. The second-order valence-corrected chi connectivity index (χ2v) is 5.45. The van der Waals surface area contributed by atoms with Crippen molar-refractivity contribution in [2.45, 2.75) is 38.6 Å². The minimum atomic E-state index is 0.372. The summed E-state index contributed by atoms with van der Waals surface area (Å²) >= 11 is 0. The summed E-state index contributed by atoms with van der Waals surface area (Å²) in [6, 6.07) is 8.18. The van der Waals surface area contributed by atoms with Gasteiger partial charge in [0, 0.05) is 6.04 Å². The molecule has 0 heterocycles. The summed E-state index contributed by atoms with van der Waals surface area (Å²) in [5.41, 5.74) is 1.23. The molecule has 2 heteroatoms. The van der Waals surface area contributed by atoms with E-state index in [0.717, 1.165) is 18.3 Å². The molecular formula is C15H23NO. The van der Waals surface area contributed by atoms with Crippen LogP contribution >= 0.6 is 0 Å². The van der Waals surface area contributed by atoms with Crippen LogP contribution in [0, 0.1) is 11.8 Å². The summed E-state index contributed by atoms with van der Waals surface area (Å²) < 4.78 is 0. The number of aromatic hydroxyl groups is 1. The van der Waals surface area contributed by atoms with Gasteiger partial charge in [0.25, 0.3) is 0 Å². The van der Waals surface area contributed by atoms with Crippen LogP contribution < -0.4 is 5.32 Å². The maximum Gasteiger partial charge on any atom is 0.115 e. The van der Waals surface area contributed by atoms with Crippen molar-refractivity contribution in [2.75, 3.05) is 7.05 Å². The molecule has 0 aromatic heterocycles. The van der Waals surface area contributed by atoms with Gasteiger partial charge in [-0.2, -0.15) is 0 Å². The average Bonchev–Trinajstić information content (AvgIpc) is 2.73. The van der Waals surface area contributed by atoms with Crippen LogP contribution in [0.1, 0.15) is 31.7 Å². The third kappa shape index (κ3) is 3.22. The van der Waals surface area contributed by atoms with Gasteiger partial charge in [0.05, 0.1) is 0 Å². The SMILES string of the molecule is CNC(Cc1cccc(O)c1)C1CCC(C)C1. The first-order valence-corrected chi connectivity index (χ1v) is 6.64. The maximum absolute atomic E-state index is 9.49. The predicted molar refractivity (Wildman–Crippen MR) is 71.2 cm³/mol. The van der Waals surface area contributed by atoms with E-state index in [-0.39, 0.29) is 0 Å². The number of hydrogen-bond acceptors (Lipinski definition) is 2. The van der Waals surface area contributed by atoms with Crippen LogP contribution in [-0.2, 0) is 6.42 Å². The van der Waals surface area contributed by atoms with Gasteiger partial charge < -0.3 is 10.4 Å². The highest BCUT2D eigenvalue weighted by Gasteiger charge is 2.27. The largest absolute Gasteiger partial charge is 0.508 e. The highest BCUT2D eigenvalue weighted by Crippen LogP contribution is 2.33. The van der Waals surface area contributed by atoms with E-state index in [9.17, 15) is 5.11 Å². The highest BCUT2D eigenvalue weighted by atomic mass is 16.3. The molecule has 17 heavy (non-hydrogen) atoms. The molecule has 1 saturated carbocycles. The van der Waals surface area contributed by atoms with E-state index in [0.29, 0.717) is 11.8 Å². The number of nitrogens with one attached hydrogen (secondary N) is 1. The Balaban J connectivity index is 2.00. The zero-order chi connectivity index (χ0) is 12.3. The molecule has 1 aromatic rings. The van der Waals surface area contributed by atoms with E-state index in [2.05, 4.69) is 25.4 Å². The lowest BCUT2D eigenvalue weighted by Gasteiger charge is -2.23. The topological polar surface area (TPSA) is 32.3 Å². The van der Waals surface area contributed by atoms with Crippen molar-refractivity contribution in [3.05, 3.63) is 29.8 Å². The Morgan fingerprint density at radius 2 is 2.24 bits per heavy atom. The molecule has 2 N–H and O–H groups in total. The minimum absolute atomic E-state index is 0.372. The van der Waals surface area contributed by atoms with Gasteiger partial charge in [0.15, 0.2) is 0 Å². The van der Waals surface area contributed by atoms with Crippen molar-refractivity contribution >= 4 is 0 Å². The van der Waals surface area contributed by atoms with Crippen molar-refractivity contribution in [1.82, 2.24) is 5.32 Å². The lowest BCUT2D eigenvalue weighted by atomic mass is 9.91. The molecule has 3 atom stereocenters. The Kier molecular flexibility index (Phi) is 4.06. The third-order valence-corrected chi connectivity index (χ3v) is 4.04. The first-order valence-electron chi connectivity index (χ1n) is 6.64. The molecule has 0 radical (unpaired) electrons. The first-order chi connectivity index (χ1) is 8.19. The Morgan fingerprint density at radius 1 is 1.41 bits per heavy atom. The highest BCUT2D eigenvalue weighted by molar-refractivity contribution is 5.27. The van der Waals surface area contributed by atoms with E-state index < -0.39 is 0 Å².